The molecule has 1 fully saturated rings. The van der Waals surface area contributed by atoms with Crippen molar-refractivity contribution >= 4 is 33.1 Å². The zero-order chi connectivity index (χ0) is 36.0. The molecule has 14 heteroatoms. The second-order valence-electron chi connectivity index (χ2n) is 11.7. The van der Waals surface area contributed by atoms with Crippen LogP contribution in [0.15, 0.2) is 96.2 Å². The van der Waals surface area contributed by atoms with E-state index in [0.29, 0.717) is 34.0 Å². The van der Waals surface area contributed by atoms with Crippen LogP contribution in [0, 0.1) is 11.6 Å². The Hall–Kier alpha value is -5.70. The molecule has 5 heterocycles. The summed E-state index contributed by atoms with van der Waals surface area (Å²) in [6.45, 7) is 6.58. The second-order valence-corrected chi connectivity index (χ2v) is 12.7. The number of halogens is 2. The molecule has 11 nitrogen and oxygen atoms in total. The van der Waals surface area contributed by atoms with Gasteiger partial charge in [-0.1, -0.05) is 0 Å². The number of rotatable bonds is 12. The van der Waals surface area contributed by atoms with E-state index in [4.69, 9.17) is 18.9 Å². The molecule has 0 spiro atoms. The van der Waals surface area contributed by atoms with E-state index < -0.39 is 23.1 Å². The number of thiophene rings is 1. The van der Waals surface area contributed by atoms with Crippen LogP contribution in [0.4, 0.5) is 14.5 Å². The number of benzene rings is 2. The lowest BCUT2D eigenvalue weighted by Gasteiger charge is -2.26. The molecule has 0 aliphatic carbocycles. The molecular formula is C38H33F2N5O6S. The van der Waals surface area contributed by atoms with E-state index in [2.05, 4.69) is 20.2 Å². The number of morpholine rings is 1. The number of carbonyl (C=O) groups excluding carboxylic acids is 1. The van der Waals surface area contributed by atoms with Crippen molar-refractivity contribution in [2.75, 3.05) is 51.4 Å². The standard InChI is InChI=1S/C38H33F2N5O6S/c1-2-49-32-12-14-45(26-6-3-24(39)4-7-26)38(47)35(32)37(46)43-25-5-10-31(28(40)21-25)51-33-11-13-41-30-22-34(52-36(30)33)29-9-8-27(23-42-29)50-20-17-44-15-18-48-19-16-44/h3-14,21-23H,2,15-20H2,1H3,(H,43,46). The van der Waals surface area contributed by atoms with Gasteiger partial charge < -0.3 is 24.3 Å². The maximum absolute atomic E-state index is 15.4. The van der Waals surface area contributed by atoms with Gasteiger partial charge in [0, 0.05) is 55.5 Å². The highest BCUT2D eigenvalue weighted by Crippen LogP contribution is 2.39. The Morgan fingerprint density at radius 1 is 0.942 bits per heavy atom. The average molecular weight is 726 g/mol. The smallest absolute Gasteiger partial charge is 0.271 e. The number of fused-ring (bicyclic) bond motifs is 1. The number of aromatic nitrogens is 3. The average Bonchev–Trinajstić information content (AvgIpc) is 3.60. The maximum Gasteiger partial charge on any atom is 0.271 e. The minimum absolute atomic E-state index is 0.0553. The SMILES string of the molecule is CCOc1ccn(-c2ccc(F)cc2)c(=O)c1C(=O)Nc1ccc(Oc2ccnc3cc(-c4ccc(OCCN5CCOCC5)cn4)sc23)c(F)c1. The first-order valence-electron chi connectivity index (χ1n) is 16.6. The van der Waals surface area contributed by atoms with Gasteiger partial charge >= 0.3 is 0 Å². The van der Waals surface area contributed by atoms with Crippen LogP contribution in [0.5, 0.6) is 23.0 Å². The van der Waals surface area contributed by atoms with Gasteiger partial charge in [-0.3, -0.25) is 29.0 Å². The zero-order valence-corrected chi connectivity index (χ0v) is 28.8. The number of anilines is 1. The molecule has 7 rings (SSSR count). The molecule has 4 aromatic heterocycles. The van der Waals surface area contributed by atoms with Crippen molar-refractivity contribution in [2.45, 2.75) is 6.92 Å². The van der Waals surface area contributed by atoms with E-state index in [0.717, 1.165) is 49.5 Å². The Kier molecular flexibility index (Phi) is 10.5. The number of ether oxygens (including phenoxy) is 4. The predicted molar refractivity (Wildman–Crippen MR) is 193 cm³/mol. The van der Waals surface area contributed by atoms with Gasteiger partial charge in [0.2, 0.25) is 0 Å². The third kappa shape index (κ3) is 7.78. The molecular weight excluding hydrogens is 693 g/mol. The van der Waals surface area contributed by atoms with Gasteiger partial charge in [0.05, 0.1) is 46.8 Å². The molecule has 0 bridgehead atoms. The van der Waals surface area contributed by atoms with Gasteiger partial charge in [-0.25, -0.2) is 8.78 Å². The van der Waals surface area contributed by atoms with Crippen molar-refractivity contribution in [2.24, 2.45) is 0 Å². The molecule has 0 saturated carbocycles. The van der Waals surface area contributed by atoms with Crippen LogP contribution in [0.3, 0.4) is 0 Å². The third-order valence-electron chi connectivity index (χ3n) is 8.24. The predicted octanol–water partition coefficient (Wildman–Crippen LogP) is 6.94. The summed E-state index contributed by atoms with van der Waals surface area (Å²) in [5.74, 6) is -0.967. The monoisotopic (exact) mass is 725 g/mol. The lowest BCUT2D eigenvalue weighted by Crippen LogP contribution is -2.38. The number of amides is 1. The second kappa shape index (κ2) is 15.7. The molecule has 2 aromatic carbocycles. The highest BCUT2D eigenvalue weighted by molar-refractivity contribution is 7.22. The molecule has 0 radical (unpaired) electrons. The number of carbonyl (C=O) groups is 1. The van der Waals surface area contributed by atoms with Crippen molar-refractivity contribution in [3.05, 3.63) is 119 Å². The summed E-state index contributed by atoms with van der Waals surface area (Å²) in [4.78, 5) is 39.0. The quantitative estimate of drug-likeness (QED) is 0.143. The van der Waals surface area contributed by atoms with Gasteiger partial charge in [0.1, 0.15) is 35.2 Å². The summed E-state index contributed by atoms with van der Waals surface area (Å²) in [6.07, 6.45) is 4.71. The van der Waals surface area contributed by atoms with E-state index in [9.17, 15) is 14.0 Å². The fourth-order valence-electron chi connectivity index (χ4n) is 5.63. The first kappa shape index (κ1) is 34.7. The Morgan fingerprint density at radius 2 is 1.77 bits per heavy atom. The van der Waals surface area contributed by atoms with Crippen LogP contribution < -0.4 is 25.1 Å². The summed E-state index contributed by atoms with van der Waals surface area (Å²) in [6, 6.07) is 18.0. The lowest BCUT2D eigenvalue weighted by molar-refractivity contribution is 0.0322. The van der Waals surface area contributed by atoms with Crippen molar-refractivity contribution < 1.29 is 32.5 Å². The Labute approximate surface area is 301 Å². The maximum atomic E-state index is 15.4. The summed E-state index contributed by atoms with van der Waals surface area (Å²) in [7, 11) is 0. The summed E-state index contributed by atoms with van der Waals surface area (Å²) >= 11 is 1.41. The van der Waals surface area contributed by atoms with Crippen LogP contribution in [0.25, 0.3) is 26.5 Å². The number of hydrogen-bond acceptors (Lipinski definition) is 10. The largest absolute Gasteiger partial charge is 0.493 e. The van der Waals surface area contributed by atoms with Gasteiger partial charge in [-0.15, -0.1) is 11.3 Å². The van der Waals surface area contributed by atoms with Crippen molar-refractivity contribution in [3.63, 3.8) is 0 Å². The van der Waals surface area contributed by atoms with Crippen LogP contribution in [-0.2, 0) is 4.74 Å². The molecule has 6 aromatic rings. The van der Waals surface area contributed by atoms with E-state index >= 15 is 4.39 Å². The highest BCUT2D eigenvalue weighted by Gasteiger charge is 2.21. The first-order valence-corrected chi connectivity index (χ1v) is 17.4. The summed E-state index contributed by atoms with van der Waals surface area (Å²) in [5.41, 5.74) is 0.860. The Morgan fingerprint density at radius 3 is 2.52 bits per heavy atom. The van der Waals surface area contributed by atoms with Crippen LogP contribution >= 0.6 is 11.3 Å². The highest BCUT2D eigenvalue weighted by atomic mass is 32.1. The molecule has 52 heavy (non-hydrogen) atoms. The lowest BCUT2D eigenvalue weighted by atomic mass is 10.2. The summed E-state index contributed by atoms with van der Waals surface area (Å²) < 4.78 is 53.7. The fraction of sp³-hybridized carbons (Fsp3) is 0.211. The van der Waals surface area contributed by atoms with Gasteiger partial charge in [-0.05, 0) is 67.6 Å². The Bertz CT molecular complexity index is 2260. The summed E-state index contributed by atoms with van der Waals surface area (Å²) in [5, 5.41) is 2.58. The van der Waals surface area contributed by atoms with Crippen LogP contribution in [-0.4, -0.2) is 71.4 Å². The van der Waals surface area contributed by atoms with Crippen LogP contribution in [0.2, 0.25) is 0 Å². The van der Waals surface area contributed by atoms with E-state index in [1.807, 2.05) is 18.2 Å². The number of nitrogens with one attached hydrogen (secondary N) is 1. The van der Waals surface area contributed by atoms with Gasteiger partial charge in [0.25, 0.3) is 11.5 Å². The fourth-order valence-corrected chi connectivity index (χ4v) is 6.67. The van der Waals surface area contributed by atoms with Gasteiger partial charge in [-0.2, -0.15) is 0 Å². The molecule has 1 N–H and O–H groups in total. The van der Waals surface area contributed by atoms with Crippen molar-refractivity contribution in [1.29, 1.82) is 0 Å². The minimum Gasteiger partial charge on any atom is -0.493 e. The molecule has 1 saturated heterocycles. The van der Waals surface area contributed by atoms with E-state index in [-0.39, 0.29) is 29.4 Å². The number of nitrogens with zero attached hydrogens (tertiary/aromatic N) is 4. The molecule has 266 valence electrons. The molecule has 0 atom stereocenters. The molecule has 1 amide bonds. The first-order chi connectivity index (χ1) is 25.4. The normalized spacial score (nSPS) is 13.2. The van der Waals surface area contributed by atoms with E-state index in [1.54, 1.807) is 25.4 Å². The zero-order valence-electron chi connectivity index (χ0n) is 28.0. The minimum atomic E-state index is -0.805. The van der Waals surface area contributed by atoms with Gasteiger partial charge in [0.15, 0.2) is 11.6 Å². The topological polar surface area (TPSA) is 117 Å². The number of pyridine rings is 3. The number of hydrogen-bond donors (Lipinski definition) is 1. The van der Waals surface area contributed by atoms with Crippen molar-refractivity contribution in [3.8, 4) is 39.3 Å². The van der Waals surface area contributed by atoms with Crippen LogP contribution in [0.1, 0.15) is 17.3 Å². The molecule has 1 aliphatic rings. The Balaban J connectivity index is 1.05. The molecule has 0 unspecified atom stereocenters. The van der Waals surface area contributed by atoms with Crippen molar-refractivity contribution in [1.82, 2.24) is 19.4 Å². The third-order valence-corrected chi connectivity index (χ3v) is 9.40. The molecule has 1 aliphatic heterocycles. The van der Waals surface area contributed by atoms with E-state index in [1.165, 1.54) is 64.6 Å².